The maximum Gasteiger partial charge on any atom is 0.410 e. The molecule has 0 bridgehead atoms. The zero-order valence-corrected chi connectivity index (χ0v) is 17.5. The van der Waals surface area contributed by atoms with Crippen molar-refractivity contribution in [1.29, 1.82) is 0 Å². The smallest absolute Gasteiger partial charge is 0.389 e. The minimum Gasteiger partial charge on any atom is -0.389 e. The monoisotopic (exact) mass is 444 g/mol. The lowest BCUT2D eigenvalue weighted by atomic mass is 9.96. The van der Waals surface area contributed by atoms with E-state index in [1.54, 1.807) is 43.3 Å². The van der Waals surface area contributed by atoms with Gasteiger partial charge in [0.05, 0.1) is 18.3 Å². The maximum atomic E-state index is 13.8. The zero-order chi connectivity index (χ0) is 23.0. The summed E-state index contributed by atoms with van der Waals surface area (Å²) >= 11 is 0. The summed E-state index contributed by atoms with van der Waals surface area (Å²) < 4.78 is 42.4. The van der Waals surface area contributed by atoms with Crippen LogP contribution in [0.2, 0.25) is 0 Å². The van der Waals surface area contributed by atoms with Crippen molar-refractivity contribution in [1.82, 2.24) is 9.78 Å². The summed E-state index contributed by atoms with van der Waals surface area (Å²) in [7, 11) is 0. The second-order valence-corrected chi connectivity index (χ2v) is 8.01. The molecule has 0 saturated heterocycles. The third-order valence-corrected chi connectivity index (χ3v) is 5.59. The lowest BCUT2D eigenvalue weighted by Crippen LogP contribution is -2.36. The number of rotatable bonds is 4. The second-order valence-electron chi connectivity index (χ2n) is 8.01. The van der Waals surface area contributed by atoms with E-state index in [1.165, 1.54) is 0 Å². The van der Waals surface area contributed by atoms with Gasteiger partial charge in [0.2, 0.25) is 0 Å². The molecule has 1 aliphatic rings. The average Bonchev–Trinajstić information content (AvgIpc) is 3.17. The molecule has 0 radical (unpaired) electrons. The Balaban J connectivity index is 1.67. The van der Waals surface area contributed by atoms with Gasteiger partial charge in [0.25, 0.3) is 5.91 Å². The Morgan fingerprint density at radius 2 is 1.97 bits per heavy atom. The van der Waals surface area contributed by atoms with E-state index < -0.39 is 30.3 Å². The van der Waals surface area contributed by atoms with Crippen LogP contribution in [0.4, 0.5) is 24.7 Å². The highest BCUT2D eigenvalue weighted by molar-refractivity contribution is 6.07. The Morgan fingerprint density at radius 3 is 2.62 bits per heavy atom. The largest absolute Gasteiger partial charge is 0.410 e. The molecule has 2 heterocycles. The summed E-state index contributed by atoms with van der Waals surface area (Å²) in [6.45, 7) is 3.50. The Labute approximate surface area is 183 Å². The predicted octanol–water partition coefficient (Wildman–Crippen LogP) is 5.16. The zero-order valence-electron chi connectivity index (χ0n) is 17.5. The van der Waals surface area contributed by atoms with Crippen LogP contribution in [0.15, 0.2) is 54.7 Å². The van der Waals surface area contributed by atoms with Crippen molar-refractivity contribution in [2.45, 2.75) is 44.6 Å². The first-order valence-corrected chi connectivity index (χ1v) is 10.2. The van der Waals surface area contributed by atoms with Crippen molar-refractivity contribution < 1.29 is 23.1 Å². The molecule has 0 fully saturated rings. The van der Waals surface area contributed by atoms with Crippen LogP contribution in [0, 0.1) is 6.92 Å². The van der Waals surface area contributed by atoms with Crippen molar-refractivity contribution in [3.63, 3.8) is 0 Å². The Morgan fingerprint density at radius 1 is 1.25 bits per heavy atom. The third-order valence-electron chi connectivity index (χ3n) is 5.59. The molecule has 168 valence electrons. The molecule has 1 amide bonds. The fourth-order valence-corrected chi connectivity index (χ4v) is 3.82. The summed E-state index contributed by atoms with van der Waals surface area (Å²) in [6.07, 6.45) is -4.34. The number of benzene rings is 2. The molecular formula is C23H23F3N4O2. The molecule has 3 N–H and O–H groups in total. The number of hydrogen-bond acceptors (Lipinski definition) is 4. The molecule has 0 unspecified atom stereocenters. The Bertz CT molecular complexity index is 1120. The topological polar surface area (TPSA) is 79.2 Å². The van der Waals surface area contributed by atoms with E-state index in [9.17, 15) is 23.1 Å². The number of aliphatic hydroxyl groups excluding tert-OH is 1. The van der Waals surface area contributed by atoms with E-state index in [4.69, 9.17) is 0 Å². The van der Waals surface area contributed by atoms with Gasteiger partial charge in [-0.15, -0.1) is 0 Å². The molecule has 0 spiro atoms. The van der Waals surface area contributed by atoms with Crippen LogP contribution in [0.5, 0.6) is 0 Å². The number of amides is 1. The van der Waals surface area contributed by atoms with Crippen molar-refractivity contribution in [3.8, 4) is 0 Å². The number of fused-ring (bicyclic) bond motifs is 1. The van der Waals surface area contributed by atoms with Crippen molar-refractivity contribution in [3.05, 3.63) is 77.0 Å². The quantitative estimate of drug-likeness (QED) is 0.520. The van der Waals surface area contributed by atoms with E-state index >= 15 is 0 Å². The van der Waals surface area contributed by atoms with Crippen molar-refractivity contribution in [2.24, 2.45) is 0 Å². The van der Waals surface area contributed by atoms with Gasteiger partial charge in [-0.05, 0) is 37.1 Å². The number of nitrogens with zero attached hydrogens (tertiary/aromatic N) is 2. The number of aromatic nitrogens is 2. The van der Waals surface area contributed by atoms with Gasteiger partial charge in [-0.25, -0.2) is 4.68 Å². The average molecular weight is 444 g/mol. The molecular weight excluding hydrogens is 421 g/mol. The predicted molar refractivity (Wildman–Crippen MR) is 115 cm³/mol. The molecule has 0 aliphatic carbocycles. The van der Waals surface area contributed by atoms with E-state index in [-0.39, 0.29) is 17.8 Å². The molecule has 1 aliphatic heterocycles. The van der Waals surface area contributed by atoms with E-state index in [0.29, 0.717) is 16.8 Å². The molecule has 9 heteroatoms. The van der Waals surface area contributed by atoms with Crippen LogP contribution in [0.3, 0.4) is 0 Å². The molecule has 32 heavy (non-hydrogen) atoms. The van der Waals surface area contributed by atoms with E-state index in [0.717, 1.165) is 16.4 Å². The number of nitrogens with one attached hydrogen (secondary N) is 2. The molecule has 0 saturated carbocycles. The Hall–Kier alpha value is -3.33. The van der Waals surface area contributed by atoms with Crippen molar-refractivity contribution in [2.75, 3.05) is 10.6 Å². The standard InChI is InChI=1S/C23H23F3N4O2/c1-13-6-8-15(9-7-13)19-11-20(23(24,25)26)30-21(29-19)18(12-27-30)22(32)28-17-5-3-4-16(10-17)14(2)31/h3-10,12,14,19-20,29,31H,11H2,1-2H3,(H,28,32)/t14-,19-,20-/m1/s1. The van der Waals surface area contributed by atoms with Gasteiger partial charge in [-0.1, -0.05) is 42.0 Å². The van der Waals surface area contributed by atoms with Crippen LogP contribution in [0.25, 0.3) is 0 Å². The molecule has 3 atom stereocenters. The summed E-state index contributed by atoms with van der Waals surface area (Å²) in [5.74, 6) is -0.569. The highest BCUT2D eigenvalue weighted by Crippen LogP contribution is 2.44. The second kappa shape index (κ2) is 8.31. The number of alkyl halides is 3. The van der Waals surface area contributed by atoms with Gasteiger partial charge < -0.3 is 15.7 Å². The fourth-order valence-electron chi connectivity index (χ4n) is 3.82. The highest BCUT2D eigenvalue weighted by atomic mass is 19.4. The summed E-state index contributed by atoms with van der Waals surface area (Å²) in [6, 6.07) is 11.4. The normalized spacial score (nSPS) is 19.1. The SMILES string of the molecule is Cc1ccc([C@H]2C[C@H](C(F)(F)F)n3ncc(C(=O)Nc4cccc([C@@H](C)O)c4)c3N2)cc1. The maximum absolute atomic E-state index is 13.8. The van der Waals surface area contributed by atoms with Crippen LogP contribution in [-0.2, 0) is 0 Å². The number of hydrogen-bond donors (Lipinski definition) is 3. The molecule has 1 aromatic heterocycles. The van der Waals surface area contributed by atoms with Crippen LogP contribution >= 0.6 is 0 Å². The molecule has 3 aromatic rings. The number of aliphatic hydroxyl groups is 1. The van der Waals surface area contributed by atoms with Crippen molar-refractivity contribution >= 4 is 17.4 Å². The van der Waals surface area contributed by atoms with Gasteiger partial charge in [-0.2, -0.15) is 18.3 Å². The highest BCUT2D eigenvalue weighted by Gasteiger charge is 2.47. The first-order chi connectivity index (χ1) is 15.1. The van der Waals surface area contributed by atoms with Crippen LogP contribution in [0.1, 0.15) is 58.6 Å². The van der Waals surface area contributed by atoms with Crippen LogP contribution < -0.4 is 10.6 Å². The molecule has 4 rings (SSSR count). The molecule has 2 aromatic carbocycles. The third kappa shape index (κ3) is 4.34. The minimum atomic E-state index is -4.52. The number of anilines is 2. The lowest BCUT2D eigenvalue weighted by Gasteiger charge is -2.34. The van der Waals surface area contributed by atoms with Gasteiger partial charge in [-0.3, -0.25) is 4.79 Å². The van der Waals surface area contributed by atoms with Gasteiger partial charge in [0.15, 0.2) is 6.04 Å². The van der Waals surface area contributed by atoms with Gasteiger partial charge in [0, 0.05) is 12.1 Å². The van der Waals surface area contributed by atoms with Gasteiger partial charge >= 0.3 is 6.18 Å². The van der Waals surface area contributed by atoms with Crippen LogP contribution in [-0.4, -0.2) is 27.0 Å². The number of halogens is 3. The lowest BCUT2D eigenvalue weighted by molar-refractivity contribution is -0.173. The number of carbonyl (C=O) groups is 1. The van der Waals surface area contributed by atoms with E-state index in [2.05, 4.69) is 15.7 Å². The number of aryl methyl sites for hydroxylation is 1. The summed E-state index contributed by atoms with van der Waals surface area (Å²) in [5, 5.41) is 19.4. The Kier molecular flexibility index (Phi) is 5.68. The summed E-state index contributed by atoms with van der Waals surface area (Å²) in [5.41, 5.74) is 2.74. The van der Waals surface area contributed by atoms with Gasteiger partial charge in [0.1, 0.15) is 11.4 Å². The number of carbonyl (C=O) groups excluding carboxylic acids is 1. The van der Waals surface area contributed by atoms with E-state index in [1.807, 2.05) is 19.1 Å². The molecule has 6 nitrogen and oxygen atoms in total. The minimum absolute atomic E-state index is 0.0125. The fraction of sp³-hybridized carbons (Fsp3) is 0.304. The first-order valence-electron chi connectivity index (χ1n) is 10.2. The first kappa shape index (κ1) is 21.9. The summed E-state index contributed by atoms with van der Waals surface area (Å²) in [4.78, 5) is 12.9.